The Labute approximate surface area is 110 Å². The van der Waals surface area contributed by atoms with Crippen molar-refractivity contribution in [1.29, 1.82) is 0 Å². The lowest BCUT2D eigenvalue weighted by Gasteiger charge is -2.09. The molecule has 1 N–H and O–H groups in total. The van der Waals surface area contributed by atoms with Crippen molar-refractivity contribution >= 4 is 18.4 Å². The maximum atomic E-state index is 11.1. The largest absolute Gasteiger partial charge is 0.380 e. The Morgan fingerprint density at radius 2 is 1.82 bits per heavy atom. The molecule has 0 aliphatic rings. The average molecular weight is 263 g/mol. The van der Waals surface area contributed by atoms with Crippen LogP contribution in [0.4, 0.5) is 0 Å². The molecule has 0 fully saturated rings. The standard InChI is InChI=1S/C12H25NO3S/c1-10(2)13-5-8-15-6-4-7-16-9-12(14)11(3)17/h10-11,13,17H,4-9H2,1-3H3. The highest BCUT2D eigenvalue weighted by Crippen LogP contribution is 1.95. The molecule has 5 heteroatoms. The maximum absolute atomic E-state index is 11.1. The molecule has 0 aliphatic heterocycles. The molecule has 4 nitrogen and oxygen atoms in total. The Hall–Kier alpha value is -0.100. The summed E-state index contributed by atoms with van der Waals surface area (Å²) in [6.07, 6.45) is 0.815. The van der Waals surface area contributed by atoms with E-state index in [1.54, 1.807) is 6.92 Å². The zero-order valence-electron chi connectivity index (χ0n) is 11.1. The fourth-order valence-electron chi connectivity index (χ4n) is 1.08. The van der Waals surface area contributed by atoms with Crippen LogP contribution in [0.2, 0.25) is 0 Å². The first kappa shape index (κ1) is 16.9. The predicted molar refractivity (Wildman–Crippen MR) is 72.8 cm³/mol. The van der Waals surface area contributed by atoms with E-state index in [1.807, 2.05) is 0 Å². The minimum atomic E-state index is -0.242. The van der Waals surface area contributed by atoms with Crippen molar-refractivity contribution in [3.63, 3.8) is 0 Å². The lowest BCUT2D eigenvalue weighted by atomic mass is 10.3. The van der Waals surface area contributed by atoms with Crippen molar-refractivity contribution in [2.45, 2.75) is 38.5 Å². The van der Waals surface area contributed by atoms with E-state index < -0.39 is 0 Å². The summed E-state index contributed by atoms with van der Waals surface area (Å²) in [6, 6.07) is 0.496. The molecule has 0 aromatic heterocycles. The molecule has 102 valence electrons. The third-order valence-corrected chi connectivity index (χ3v) is 2.37. The van der Waals surface area contributed by atoms with Gasteiger partial charge in [0.25, 0.3) is 0 Å². The molecule has 0 rings (SSSR count). The predicted octanol–water partition coefficient (Wildman–Crippen LogP) is 1.30. The summed E-state index contributed by atoms with van der Waals surface area (Å²) in [4.78, 5) is 11.1. The number of Topliss-reactive ketones (excluding diaryl/α,β-unsaturated/α-hetero) is 1. The number of ether oxygens (including phenoxy) is 2. The number of rotatable bonds is 11. The number of nitrogens with one attached hydrogen (secondary N) is 1. The van der Waals surface area contributed by atoms with Crippen LogP contribution < -0.4 is 5.32 Å². The molecule has 17 heavy (non-hydrogen) atoms. The molecule has 0 bridgehead atoms. The van der Waals surface area contributed by atoms with Gasteiger partial charge in [0.15, 0.2) is 5.78 Å². The molecule has 1 unspecified atom stereocenters. The third kappa shape index (κ3) is 12.2. The van der Waals surface area contributed by atoms with Crippen molar-refractivity contribution in [3.8, 4) is 0 Å². The Bertz CT molecular complexity index is 198. The van der Waals surface area contributed by atoms with Gasteiger partial charge >= 0.3 is 0 Å². The molecule has 0 aromatic carbocycles. The summed E-state index contributed by atoms with van der Waals surface area (Å²) in [6.45, 7) is 8.92. The second-order valence-corrected chi connectivity index (χ2v) is 5.04. The summed E-state index contributed by atoms with van der Waals surface area (Å²) >= 11 is 4.03. The highest BCUT2D eigenvalue weighted by Gasteiger charge is 2.06. The Kier molecular flexibility index (Phi) is 11.0. The number of thiol groups is 1. The molecular formula is C12H25NO3S. The minimum Gasteiger partial charge on any atom is -0.380 e. The fraction of sp³-hybridized carbons (Fsp3) is 0.917. The quantitative estimate of drug-likeness (QED) is 0.436. The van der Waals surface area contributed by atoms with Crippen molar-refractivity contribution in [1.82, 2.24) is 5.32 Å². The van der Waals surface area contributed by atoms with Gasteiger partial charge in [0.2, 0.25) is 0 Å². The molecular weight excluding hydrogens is 238 g/mol. The van der Waals surface area contributed by atoms with Crippen LogP contribution in [0, 0.1) is 0 Å². The lowest BCUT2D eigenvalue weighted by molar-refractivity contribution is -0.122. The molecule has 0 aliphatic carbocycles. The lowest BCUT2D eigenvalue weighted by Crippen LogP contribution is -2.26. The van der Waals surface area contributed by atoms with E-state index in [-0.39, 0.29) is 17.6 Å². The monoisotopic (exact) mass is 263 g/mol. The van der Waals surface area contributed by atoms with E-state index in [0.29, 0.717) is 25.9 Å². The maximum Gasteiger partial charge on any atom is 0.170 e. The van der Waals surface area contributed by atoms with Crippen LogP contribution in [-0.2, 0) is 14.3 Å². The van der Waals surface area contributed by atoms with Gasteiger partial charge in [-0.3, -0.25) is 4.79 Å². The van der Waals surface area contributed by atoms with Gasteiger partial charge < -0.3 is 14.8 Å². The van der Waals surface area contributed by atoms with Crippen molar-refractivity contribution in [2.75, 3.05) is 33.0 Å². The van der Waals surface area contributed by atoms with Gasteiger partial charge in [-0.25, -0.2) is 0 Å². The normalized spacial score (nSPS) is 13.0. The van der Waals surface area contributed by atoms with Crippen LogP contribution in [0.3, 0.4) is 0 Å². The number of carbonyl (C=O) groups is 1. The number of hydrogen-bond acceptors (Lipinski definition) is 5. The van der Waals surface area contributed by atoms with E-state index >= 15 is 0 Å². The number of carbonyl (C=O) groups excluding carboxylic acids is 1. The van der Waals surface area contributed by atoms with Crippen LogP contribution in [-0.4, -0.2) is 50.0 Å². The highest BCUT2D eigenvalue weighted by atomic mass is 32.1. The van der Waals surface area contributed by atoms with E-state index in [4.69, 9.17) is 9.47 Å². The summed E-state index contributed by atoms with van der Waals surface area (Å²) in [5.74, 6) is 0.0235. The Balaban J connectivity index is 3.11. The molecule has 0 spiro atoms. The SMILES string of the molecule is CC(C)NCCOCCCOCC(=O)C(C)S. The Morgan fingerprint density at radius 3 is 2.41 bits per heavy atom. The molecule has 0 aromatic rings. The van der Waals surface area contributed by atoms with Gasteiger partial charge in [-0.15, -0.1) is 0 Å². The molecule has 0 heterocycles. The number of ketones is 1. The van der Waals surface area contributed by atoms with Crippen molar-refractivity contribution in [2.24, 2.45) is 0 Å². The van der Waals surface area contributed by atoms with Gasteiger partial charge in [0.05, 0.1) is 11.9 Å². The first-order chi connectivity index (χ1) is 8.04. The van der Waals surface area contributed by atoms with Gasteiger partial charge in [-0.2, -0.15) is 12.6 Å². The molecule has 0 saturated carbocycles. The van der Waals surface area contributed by atoms with E-state index in [1.165, 1.54) is 0 Å². The van der Waals surface area contributed by atoms with Crippen LogP contribution in [0.1, 0.15) is 27.2 Å². The number of hydrogen-bond donors (Lipinski definition) is 2. The van der Waals surface area contributed by atoms with Gasteiger partial charge in [-0.1, -0.05) is 13.8 Å². The van der Waals surface area contributed by atoms with Gasteiger partial charge in [-0.05, 0) is 13.3 Å². The minimum absolute atomic E-state index is 0.0235. The first-order valence-electron chi connectivity index (χ1n) is 6.13. The zero-order valence-corrected chi connectivity index (χ0v) is 12.0. The van der Waals surface area contributed by atoms with Crippen LogP contribution in [0.25, 0.3) is 0 Å². The smallest absolute Gasteiger partial charge is 0.170 e. The zero-order chi connectivity index (χ0) is 13.1. The summed E-state index contributed by atoms with van der Waals surface area (Å²) < 4.78 is 10.6. The van der Waals surface area contributed by atoms with Crippen molar-refractivity contribution in [3.05, 3.63) is 0 Å². The molecule has 1 atom stereocenters. The van der Waals surface area contributed by atoms with Crippen LogP contribution >= 0.6 is 12.6 Å². The summed E-state index contributed by atoms with van der Waals surface area (Å²) in [5.41, 5.74) is 0. The van der Waals surface area contributed by atoms with Gasteiger partial charge in [0, 0.05) is 25.8 Å². The third-order valence-electron chi connectivity index (χ3n) is 2.09. The topological polar surface area (TPSA) is 47.6 Å². The first-order valence-corrected chi connectivity index (χ1v) is 6.65. The van der Waals surface area contributed by atoms with Crippen LogP contribution in [0.15, 0.2) is 0 Å². The summed E-state index contributed by atoms with van der Waals surface area (Å²) in [7, 11) is 0. The average Bonchev–Trinajstić information content (AvgIpc) is 2.25. The van der Waals surface area contributed by atoms with Gasteiger partial charge in [0.1, 0.15) is 6.61 Å². The van der Waals surface area contributed by atoms with E-state index in [9.17, 15) is 4.79 Å². The second kappa shape index (κ2) is 11.0. The molecule has 0 amide bonds. The fourth-order valence-corrected chi connectivity index (χ4v) is 1.15. The highest BCUT2D eigenvalue weighted by molar-refractivity contribution is 7.81. The molecule has 0 radical (unpaired) electrons. The Morgan fingerprint density at radius 1 is 1.18 bits per heavy atom. The van der Waals surface area contributed by atoms with Crippen LogP contribution in [0.5, 0.6) is 0 Å². The van der Waals surface area contributed by atoms with E-state index in [2.05, 4.69) is 31.8 Å². The summed E-state index contributed by atoms with van der Waals surface area (Å²) in [5, 5.41) is 3.02. The second-order valence-electron chi connectivity index (χ2n) is 4.27. The van der Waals surface area contributed by atoms with E-state index in [0.717, 1.165) is 13.0 Å². The van der Waals surface area contributed by atoms with Crippen molar-refractivity contribution < 1.29 is 14.3 Å². The molecule has 0 saturated heterocycles.